The molecule has 0 bridgehead atoms. The second-order valence-electron chi connectivity index (χ2n) is 5.18. The third-order valence-electron chi connectivity index (χ3n) is 3.20. The van der Waals surface area contributed by atoms with Gasteiger partial charge in [-0.3, -0.25) is 0 Å². The van der Waals surface area contributed by atoms with Crippen LogP contribution in [-0.4, -0.2) is 39.6 Å². The molecule has 1 aromatic heterocycles. The predicted molar refractivity (Wildman–Crippen MR) is 74.5 cm³/mol. The Morgan fingerprint density at radius 2 is 2.26 bits per heavy atom. The zero-order chi connectivity index (χ0) is 14.0. The summed E-state index contributed by atoms with van der Waals surface area (Å²) < 4.78 is 13.3. The van der Waals surface area contributed by atoms with Gasteiger partial charge in [-0.1, -0.05) is 13.8 Å². The van der Waals surface area contributed by atoms with Crippen molar-refractivity contribution in [3.8, 4) is 0 Å². The number of aromatic carboxylic acids is 1. The van der Waals surface area contributed by atoms with Gasteiger partial charge in [-0.25, -0.2) is 14.2 Å². The minimum absolute atomic E-state index is 0.0651. The first-order valence-corrected chi connectivity index (χ1v) is 7.15. The van der Waals surface area contributed by atoms with Crippen molar-refractivity contribution < 1.29 is 14.3 Å². The number of thioether (sulfide) groups is 1. The molecule has 0 unspecified atom stereocenters. The van der Waals surface area contributed by atoms with Crippen LogP contribution in [0.25, 0.3) is 0 Å². The summed E-state index contributed by atoms with van der Waals surface area (Å²) in [5.74, 6) is -0.485. The maximum Gasteiger partial charge on any atom is 0.339 e. The molecule has 1 aromatic rings. The van der Waals surface area contributed by atoms with E-state index in [0.29, 0.717) is 5.82 Å². The van der Waals surface area contributed by atoms with Crippen LogP contribution in [-0.2, 0) is 0 Å². The van der Waals surface area contributed by atoms with E-state index >= 15 is 0 Å². The summed E-state index contributed by atoms with van der Waals surface area (Å²) in [6, 6.07) is 1.04. The van der Waals surface area contributed by atoms with E-state index in [-0.39, 0.29) is 10.3 Å². The van der Waals surface area contributed by atoms with Crippen molar-refractivity contribution in [2.45, 2.75) is 25.0 Å². The van der Waals surface area contributed by atoms with Gasteiger partial charge in [0.05, 0.1) is 6.20 Å². The van der Waals surface area contributed by atoms with Crippen molar-refractivity contribution in [1.29, 1.82) is 0 Å². The fraction of sp³-hybridized carbons (Fsp3) is 0.538. The summed E-state index contributed by atoms with van der Waals surface area (Å²) in [7, 11) is 0. The first-order valence-electron chi connectivity index (χ1n) is 6.17. The number of carboxylic acids is 1. The van der Waals surface area contributed by atoms with Gasteiger partial charge in [-0.15, -0.1) is 0 Å². The van der Waals surface area contributed by atoms with E-state index in [9.17, 15) is 9.18 Å². The van der Waals surface area contributed by atoms with Crippen molar-refractivity contribution in [3.63, 3.8) is 0 Å². The number of rotatable bonds is 2. The van der Waals surface area contributed by atoms with Crippen molar-refractivity contribution in [2.75, 3.05) is 23.7 Å². The third kappa shape index (κ3) is 3.37. The first kappa shape index (κ1) is 14.1. The van der Waals surface area contributed by atoms with Crippen LogP contribution in [0.1, 0.15) is 30.6 Å². The van der Waals surface area contributed by atoms with Crippen molar-refractivity contribution in [1.82, 2.24) is 4.98 Å². The summed E-state index contributed by atoms with van der Waals surface area (Å²) in [6.45, 7) is 5.82. The number of carbonyl (C=O) groups is 1. The number of pyridine rings is 1. The Bertz CT molecular complexity index is 494. The zero-order valence-electron chi connectivity index (χ0n) is 11.0. The summed E-state index contributed by atoms with van der Waals surface area (Å²) in [4.78, 5) is 17.1. The summed E-state index contributed by atoms with van der Waals surface area (Å²) in [5, 5.41) is 9.16. The lowest BCUT2D eigenvalue weighted by Crippen LogP contribution is -2.29. The molecule has 2 rings (SSSR count). The second-order valence-corrected chi connectivity index (χ2v) is 6.98. The Hall–Kier alpha value is -1.30. The largest absolute Gasteiger partial charge is 0.478 e. The van der Waals surface area contributed by atoms with Crippen LogP contribution in [0.2, 0.25) is 0 Å². The maximum atomic E-state index is 13.1. The summed E-state index contributed by atoms with van der Waals surface area (Å²) >= 11 is 1.87. The minimum Gasteiger partial charge on any atom is -0.478 e. The molecule has 0 saturated carbocycles. The van der Waals surface area contributed by atoms with Crippen molar-refractivity contribution in [3.05, 3.63) is 23.6 Å². The fourth-order valence-electron chi connectivity index (χ4n) is 2.07. The van der Waals surface area contributed by atoms with Crippen molar-refractivity contribution in [2.24, 2.45) is 0 Å². The smallest absolute Gasteiger partial charge is 0.339 e. The van der Waals surface area contributed by atoms with E-state index in [2.05, 4.69) is 18.8 Å². The highest BCUT2D eigenvalue weighted by atomic mass is 32.2. The Morgan fingerprint density at radius 1 is 1.53 bits per heavy atom. The maximum absolute atomic E-state index is 13.1. The average molecular weight is 284 g/mol. The molecule has 1 aliphatic heterocycles. The highest BCUT2D eigenvalue weighted by Crippen LogP contribution is 2.32. The van der Waals surface area contributed by atoms with Crippen LogP contribution >= 0.6 is 11.8 Å². The molecular weight excluding hydrogens is 267 g/mol. The molecule has 104 valence electrons. The summed E-state index contributed by atoms with van der Waals surface area (Å²) in [5.41, 5.74) is -0.0651. The molecular formula is C13H17FN2O2S. The first-order chi connectivity index (χ1) is 8.89. The SMILES string of the molecule is CC1(C)CCN(c2ncc(F)cc2C(=O)O)CCS1. The molecule has 4 nitrogen and oxygen atoms in total. The van der Waals surface area contributed by atoms with Gasteiger partial charge in [-0.05, 0) is 12.5 Å². The van der Waals surface area contributed by atoms with Crippen molar-refractivity contribution >= 4 is 23.5 Å². The van der Waals surface area contributed by atoms with Gasteiger partial charge in [0.2, 0.25) is 0 Å². The molecule has 1 N–H and O–H groups in total. The topological polar surface area (TPSA) is 53.4 Å². The zero-order valence-corrected chi connectivity index (χ0v) is 11.8. The number of anilines is 1. The predicted octanol–water partition coefficient (Wildman–Crippen LogP) is 2.64. The van der Waals surface area contributed by atoms with E-state index in [1.165, 1.54) is 0 Å². The molecule has 0 aliphatic carbocycles. The normalized spacial score (nSPS) is 19.0. The third-order valence-corrected chi connectivity index (χ3v) is 4.57. The standard InChI is InChI=1S/C13H17FN2O2S/c1-13(2)3-4-16(5-6-19-13)11-10(12(17)18)7-9(14)8-15-11/h7-8H,3-6H2,1-2H3,(H,17,18). The van der Waals surface area contributed by atoms with Gasteiger partial charge in [0.25, 0.3) is 0 Å². The van der Waals surface area contributed by atoms with Gasteiger partial charge in [-0.2, -0.15) is 11.8 Å². The molecule has 6 heteroatoms. The van der Waals surface area contributed by atoms with Gasteiger partial charge < -0.3 is 10.0 Å². The van der Waals surface area contributed by atoms with Crippen LogP contribution < -0.4 is 4.90 Å². The van der Waals surface area contributed by atoms with E-state index in [1.54, 1.807) is 0 Å². The lowest BCUT2D eigenvalue weighted by molar-refractivity contribution is 0.0696. The molecule has 0 amide bonds. The monoisotopic (exact) mass is 284 g/mol. The van der Waals surface area contributed by atoms with E-state index in [4.69, 9.17) is 5.11 Å². The van der Waals surface area contributed by atoms with E-state index in [1.807, 2.05) is 16.7 Å². The number of nitrogens with zero attached hydrogens (tertiary/aromatic N) is 2. The number of hydrogen-bond donors (Lipinski definition) is 1. The van der Waals surface area contributed by atoms with Gasteiger partial charge in [0, 0.05) is 23.6 Å². The second kappa shape index (κ2) is 5.36. The molecule has 0 aromatic carbocycles. The number of hydrogen-bond acceptors (Lipinski definition) is 4. The Morgan fingerprint density at radius 3 is 2.95 bits per heavy atom. The number of halogens is 1. The molecule has 19 heavy (non-hydrogen) atoms. The molecule has 2 heterocycles. The highest BCUT2D eigenvalue weighted by Gasteiger charge is 2.26. The molecule has 1 aliphatic rings. The number of carboxylic acid groups (broad SMARTS) is 1. The lowest BCUT2D eigenvalue weighted by Gasteiger charge is -2.24. The fourth-order valence-corrected chi connectivity index (χ4v) is 3.17. The van der Waals surface area contributed by atoms with Gasteiger partial charge in [0.15, 0.2) is 0 Å². The Balaban J connectivity index is 2.29. The Labute approximate surface area is 116 Å². The number of aromatic nitrogens is 1. The van der Waals surface area contributed by atoms with Crippen LogP contribution in [0.5, 0.6) is 0 Å². The van der Waals surface area contributed by atoms with Crippen LogP contribution in [0.4, 0.5) is 10.2 Å². The molecule has 1 saturated heterocycles. The molecule has 0 radical (unpaired) electrons. The van der Waals surface area contributed by atoms with E-state index < -0.39 is 11.8 Å². The summed E-state index contributed by atoms with van der Waals surface area (Å²) in [6.07, 6.45) is 2.01. The minimum atomic E-state index is -1.14. The molecule has 1 fully saturated rings. The van der Waals surface area contributed by atoms with Crippen LogP contribution in [0, 0.1) is 5.82 Å². The quantitative estimate of drug-likeness (QED) is 0.905. The highest BCUT2D eigenvalue weighted by molar-refractivity contribution is 8.00. The van der Waals surface area contributed by atoms with Crippen LogP contribution in [0.3, 0.4) is 0 Å². The van der Waals surface area contributed by atoms with Gasteiger partial charge in [0.1, 0.15) is 17.2 Å². The average Bonchev–Trinajstić information content (AvgIpc) is 2.50. The Kier molecular flexibility index (Phi) is 3.99. The molecule has 0 spiro atoms. The van der Waals surface area contributed by atoms with Gasteiger partial charge >= 0.3 is 5.97 Å². The van der Waals surface area contributed by atoms with E-state index in [0.717, 1.165) is 37.5 Å². The van der Waals surface area contributed by atoms with Crippen LogP contribution in [0.15, 0.2) is 12.3 Å². The molecule has 0 atom stereocenters. The lowest BCUT2D eigenvalue weighted by atomic mass is 10.1.